The van der Waals surface area contributed by atoms with Gasteiger partial charge in [-0.1, -0.05) is 29.3 Å². The van der Waals surface area contributed by atoms with Crippen molar-refractivity contribution >= 4 is 33.0 Å². The second kappa shape index (κ2) is 8.29. The standard InChI is InChI=1S/C20H22N4O4S2/c1-12-6-7-16(13(2)8-12)22-17(25)10-21-30(26,27)18-9-15(11-29-18)19-23-20(28-24-19)14-4-3-5-14/h6-9,11,14,21H,3-5,10H2,1-2H3,(H,22,25). The van der Waals surface area contributed by atoms with Crippen LogP contribution in [0.3, 0.4) is 0 Å². The molecule has 10 heteroatoms. The van der Waals surface area contributed by atoms with Gasteiger partial charge in [-0.3, -0.25) is 4.79 Å². The minimum absolute atomic E-state index is 0.0896. The first-order chi connectivity index (χ1) is 14.3. The smallest absolute Gasteiger partial charge is 0.250 e. The molecule has 8 nitrogen and oxygen atoms in total. The fraction of sp³-hybridized carbons (Fsp3) is 0.350. The Bertz CT molecular complexity index is 1180. The van der Waals surface area contributed by atoms with Crippen molar-refractivity contribution in [2.24, 2.45) is 0 Å². The maximum absolute atomic E-state index is 12.6. The molecule has 30 heavy (non-hydrogen) atoms. The molecule has 1 amide bonds. The van der Waals surface area contributed by atoms with Crippen LogP contribution in [-0.4, -0.2) is 31.0 Å². The summed E-state index contributed by atoms with van der Waals surface area (Å²) in [5.41, 5.74) is 3.23. The molecule has 2 N–H and O–H groups in total. The third-order valence-corrected chi connectivity index (χ3v) is 7.91. The molecule has 1 aliphatic carbocycles. The van der Waals surface area contributed by atoms with Crippen LogP contribution in [0.2, 0.25) is 0 Å². The lowest BCUT2D eigenvalue weighted by atomic mass is 9.85. The van der Waals surface area contributed by atoms with E-state index in [1.165, 1.54) is 6.07 Å². The molecular weight excluding hydrogens is 424 g/mol. The maximum Gasteiger partial charge on any atom is 0.250 e. The van der Waals surface area contributed by atoms with Gasteiger partial charge >= 0.3 is 0 Å². The number of hydrogen-bond donors (Lipinski definition) is 2. The minimum atomic E-state index is -3.83. The predicted molar refractivity (Wildman–Crippen MR) is 114 cm³/mol. The number of carbonyl (C=O) groups is 1. The number of benzene rings is 1. The van der Waals surface area contributed by atoms with Crippen LogP contribution in [0.4, 0.5) is 5.69 Å². The number of nitrogens with one attached hydrogen (secondary N) is 2. The van der Waals surface area contributed by atoms with Gasteiger partial charge in [0.2, 0.25) is 17.6 Å². The van der Waals surface area contributed by atoms with Crippen LogP contribution in [0.25, 0.3) is 11.4 Å². The lowest BCUT2D eigenvalue weighted by molar-refractivity contribution is -0.115. The van der Waals surface area contributed by atoms with Crippen molar-refractivity contribution in [3.8, 4) is 11.4 Å². The number of rotatable bonds is 7. The van der Waals surface area contributed by atoms with E-state index in [0.29, 0.717) is 28.9 Å². The zero-order valence-corrected chi connectivity index (χ0v) is 18.3. The van der Waals surface area contributed by atoms with Gasteiger partial charge in [-0.15, -0.1) is 11.3 Å². The van der Waals surface area contributed by atoms with Crippen molar-refractivity contribution in [2.75, 3.05) is 11.9 Å². The van der Waals surface area contributed by atoms with E-state index in [4.69, 9.17) is 4.52 Å². The molecule has 2 aromatic heterocycles. The number of hydrogen-bond acceptors (Lipinski definition) is 7. The molecule has 0 aliphatic heterocycles. The normalized spacial score (nSPS) is 14.5. The second-order valence-corrected chi connectivity index (χ2v) is 10.3. The molecule has 0 radical (unpaired) electrons. The van der Waals surface area contributed by atoms with E-state index in [0.717, 1.165) is 41.7 Å². The van der Waals surface area contributed by atoms with Crippen LogP contribution in [0.15, 0.2) is 38.4 Å². The number of aryl methyl sites for hydroxylation is 2. The van der Waals surface area contributed by atoms with Crippen LogP contribution in [0.1, 0.15) is 42.2 Å². The number of sulfonamides is 1. The first-order valence-electron chi connectivity index (χ1n) is 9.61. The fourth-order valence-electron chi connectivity index (χ4n) is 3.13. The number of nitrogens with zero attached hydrogens (tertiary/aromatic N) is 2. The zero-order valence-electron chi connectivity index (χ0n) is 16.6. The number of carbonyl (C=O) groups excluding carboxylic acids is 1. The Balaban J connectivity index is 1.39. The van der Waals surface area contributed by atoms with Crippen LogP contribution < -0.4 is 10.0 Å². The Morgan fingerprint density at radius 3 is 2.77 bits per heavy atom. The molecule has 4 rings (SSSR count). The molecule has 0 saturated heterocycles. The number of amides is 1. The van der Waals surface area contributed by atoms with Gasteiger partial charge in [0.25, 0.3) is 10.0 Å². The predicted octanol–water partition coefficient (Wildman–Crippen LogP) is 3.60. The van der Waals surface area contributed by atoms with Gasteiger partial charge in [0.05, 0.1) is 6.54 Å². The molecule has 1 aliphatic rings. The number of anilines is 1. The highest BCUT2D eigenvalue weighted by atomic mass is 32.2. The Labute approximate surface area is 178 Å². The highest BCUT2D eigenvalue weighted by Crippen LogP contribution is 2.36. The zero-order chi connectivity index (χ0) is 21.3. The maximum atomic E-state index is 12.6. The summed E-state index contributed by atoms with van der Waals surface area (Å²) >= 11 is 1.04. The lowest BCUT2D eigenvalue weighted by Gasteiger charge is -2.20. The van der Waals surface area contributed by atoms with Gasteiger partial charge in [0.15, 0.2) is 0 Å². The SMILES string of the molecule is Cc1ccc(NC(=O)CNS(=O)(=O)c2cc(-c3noc(C4CCC4)n3)cs2)c(C)c1. The molecule has 2 heterocycles. The Kier molecular flexibility index (Phi) is 5.72. The summed E-state index contributed by atoms with van der Waals surface area (Å²) in [6.45, 7) is 3.48. The topological polar surface area (TPSA) is 114 Å². The summed E-state index contributed by atoms with van der Waals surface area (Å²) in [5, 5.41) is 8.35. The van der Waals surface area contributed by atoms with Crippen molar-refractivity contribution in [1.29, 1.82) is 0 Å². The van der Waals surface area contributed by atoms with Crippen molar-refractivity contribution in [1.82, 2.24) is 14.9 Å². The number of aromatic nitrogens is 2. The van der Waals surface area contributed by atoms with Crippen LogP contribution in [0, 0.1) is 13.8 Å². The first-order valence-corrected chi connectivity index (χ1v) is 12.0. The molecule has 0 unspecified atom stereocenters. The molecular formula is C20H22N4O4S2. The van der Waals surface area contributed by atoms with E-state index < -0.39 is 15.9 Å². The molecule has 1 aromatic carbocycles. The minimum Gasteiger partial charge on any atom is -0.339 e. The summed E-state index contributed by atoms with van der Waals surface area (Å²) < 4.78 is 32.9. The van der Waals surface area contributed by atoms with Gasteiger partial charge in [0.1, 0.15) is 4.21 Å². The molecule has 0 bridgehead atoms. The van der Waals surface area contributed by atoms with Gasteiger partial charge in [-0.25, -0.2) is 13.1 Å². The Morgan fingerprint density at radius 1 is 1.27 bits per heavy atom. The van der Waals surface area contributed by atoms with E-state index >= 15 is 0 Å². The molecule has 0 atom stereocenters. The second-order valence-electron chi connectivity index (χ2n) is 7.43. The Hall–Kier alpha value is -2.56. The summed E-state index contributed by atoms with van der Waals surface area (Å²) in [6.07, 6.45) is 3.24. The van der Waals surface area contributed by atoms with E-state index in [-0.39, 0.29) is 10.8 Å². The molecule has 1 fully saturated rings. The van der Waals surface area contributed by atoms with Crippen molar-refractivity contribution in [3.05, 3.63) is 46.7 Å². The van der Waals surface area contributed by atoms with Gasteiger partial charge in [-0.05, 0) is 44.4 Å². The summed E-state index contributed by atoms with van der Waals surface area (Å²) in [4.78, 5) is 16.6. The monoisotopic (exact) mass is 446 g/mol. The average molecular weight is 447 g/mol. The van der Waals surface area contributed by atoms with Crippen molar-refractivity contribution < 1.29 is 17.7 Å². The van der Waals surface area contributed by atoms with E-state index in [1.54, 1.807) is 11.4 Å². The van der Waals surface area contributed by atoms with Crippen molar-refractivity contribution in [3.63, 3.8) is 0 Å². The summed E-state index contributed by atoms with van der Waals surface area (Å²) in [6, 6.07) is 7.12. The molecule has 158 valence electrons. The van der Waals surface area contributed by atoms with E-state index in [9.17, 15) is 13.2 Å². The average Bonchev–Trinajstić information content (AvgIpc) is 3.31. The quantitative estimate of drug-likeness (QED) is 0.573. The van der Waals surface area contributed by atoms with Gasteiger partial charge in [-0.2, -0.15) is 4.98 Å². The van der Waals surface area contributed by atoms with E-state index in [1.807, 2.05) is 26.0 Å². The van der Waals surface area contributed by atoms with Crippen LogP contribution >= 0.6 is 11.3 Å². The molecule has 3 aromatic rings. The summed E-state index contributed by atoms with van der Waals surface area (Å²) in [7, 11) is -3.83. The largest absolute Gasteiger partial charge is 0.339 e. The number of thiophene rings is 1. The van der Waals surface area contributed by atoms with Gasteiger partial charge in [0, 0.05) is 22.5 Å². The Morgan fingerprint density at radius 2 is 2.07 bits per heavy atom. The van der Waals surface area contributed by atoms with Crippen LogP contribution in [-0.2, 0) is 14.8 Å². The third kappa shape index (κ3) is 4.45. The van der Waals surface area contributed by atoms with Crippen LogP contribution in [0.5, 0.6) is 0 Å². The van der Waals surface area contributed by atoms with Gasteiger partial charge < -0.3 is 9.84 Å². The highest BCUT2D eigenvalue weighted by molar-refractivity contribution is 7.91. The van der Waals surface area contributed by atoms with E-state index in [2.05, 4.69) is 20.2 Å². The lowest BCUT2D eigenvalue weighted by Crippen LogP contribution is -2.32. The fourth-order valence-corrected chi connectivity index (χ4v) is 5.31. The first kappa shape index (κ1) is 20.7. The van der Waals surface area contributed by atoms with Crippen molar-refractivity contribution in [2.45, 2.75) is 43.2 Å². The third-order valence-electron chi connectivity index (χ3n) is 5.07. The molecule has 0 spiro atoms. The summed E-state index contributed by atoms with van der Waals surface area (Å²) in [5.74, 6) is 0.853. The molecule has 1 saturated carbocycles. The highest BCUT2D eigenvalue weighted by Gasteiger charge is 2.26.